The maximum atomic E-state index is 11.4. The molecule has 1 heteroatoms. The first-order valence-corrected chi connectivity index (χ1v) is 4.87. The van der Waals surface area contributed by atoms with Gasteiger partial charge in [0.2, 0.25) is 0 Å². The lowest BCUT2D eigenvalue weighted by Gasteiger charge is -2.23. The number of carbonyl (C=O) groups excluding carboxylic acids is 1. The highest BCUT2D eigenvalue weighted by atomic mass is 16.1. The van der Waals surface area contributed by atoms with Gasteiger partial charge in [0.1, 0.15) is 0 Å². The van der Waals surface area contributed by atoms with Crippen LogP contribution in [0.2, 0.25) is 0 Å². The number of allylic oxidation sites excluding steroid dienone is 6. The SMILES string of the molecule is CC(=O)C(=C1CCC1)C1C=CC=C1. The summed E-state index contributed by atoms with van der Waals surface area (Å²) >= 11 is 0. The molecule has 1 saturated carbocycles. The number of Topliss-reactive ketones (excluding diaryl/α,β-unsaturated/α-hetero) is 1. The Labute approximate surface area is 78.8 Å². The fraction of sp³-hybridized carbons (Fsp3) is 0.417. The first-order valence-electron chi connectivity index (χ1n) is 4.87. The van der Waals surface area contributed by atoms with Crippen molar-refractivity contribution < 1.29 is 4.79 Å². The molecule has 0 N–H and O–H groups in total. The second-order valence-corrected chi connectivity index (χ2v) is 3.72. The molecule has 2 rings (SSSR count). The Bertz CT molecular complexity index is 300. The van der Waals surface area contributed by atoms with E-state index in [2.05, 4.69) is 12.2 Å². The van der Waals surface area contributed by atoms with Crippen LogP contribution in [0.5, 0.6) is 0 Å². The summed E-state index contributed by atoms with van der Waals surface area (Å²) in [5.74, 6) is 0.517. The summed E-state index contributed by atoms with van der Waals surface area (Å²) in [6.45, 7) is 1.68. The van der Waals surface area contributed by atoms with Crippen LogP contribution in [-0.2, 0) is 4.79 Å². The van der Waals surface area contributed by atoms with Gasteiger partial charge in [0.05, 0.1) is 0 Å². The third-order valence-corrected chi connectivity index (χ3v) is 2.80. The van der Waals surface area contributed by atoms with Gasteiger partial charge in [-0.05, 0) is 26.2 Å². The van der Waals surface area contributed by atoms with Crippen LogP contribution >= 0.6 is 0 Å². The van der Waals surface area contributed by atoms with Crippen LogP contribution in [0.3, 0.4) is 0 Å². The van der Waals surface area contributed by atoms with Gasteiger partial charge in [-0.25, -0.2) is 0 Å². The maximum Gasteiger partial charge on any atom is 0.156 e. The van der Waals surface area contributed by atoms with E-state index >= 15 is 0 Å². The second kappa shape index (κ2) is 3.33. The summed E-state index contributed by atoms with van der Waals surface area (Å²) in [7, 11) is 0. The van der Waals surface area contributed by atoms with E-state index in [0.717, 1.165) is 18.4 Å². The monoisotopic (exact) mass is 174 g/mol. The summed E-state index contributed by atoms with van der Waals surface area (Å²) < 4.78 is 0. The van der Waals surface area contributed by atoms with Crippen molar-refractivity contribution in [2.45, 2.75) is 26.2 Å². The van der Waals surface area contributed by atoms with E-state index in [9.17, 15) is 4.79 Å². The average Bonchev–Trinajstić information content (AvgIpc) is 2.46. The maximum absolute atomic E-state index is 11.4. The zero-order valence-electron chi connectivity index (χ0n) is 7.92. The number of carbonyl (C=O) groups is 1. The zero-order chi connectivity index (χ0) is 9.26. The van der Waals surface area contributed by atoms with Crippen molar-refractivity contribution in [3.8, 4) is 0 Å². The van der Waals surface area contributed by atoms with Gasteiger partial charge in [-0.1, -0.05) is 29.9 Å². The highest BCUT2D eigenvalue weighted by Crippen LogP contribution is 2.34. The molecule has 0 atom stereocenters. The Morgan fingerprint density at radius 2 is 1.92 bits per heavy atom. The van der Waals surface area contributed by atoms with Gasteiger partial charge in [-0.3, -0.25) is 4.79 Å². The van der Waals surface area contributed by atoms with Crippen molar-refractivity contribution in [1.82, 2.24) is 0 Å². The molecule has 13 heavy (non-hydrogen) atoms. The van der Waals surface area contributed by atoms with Gasteiger partial charge in [0, 0.05) is 11.5 Å². The van der Waals surface area contributed by atoms with E-state index in [1.165, 1.54) is 12.0 Å². The Hall–Kier alpha value is -1.11. The Balaban J connectivity index is 2.28. The lowest BCUT2D eigenvalue weighted by molar-refractivity contribution is -0.114. The highest BCUT2D eigenvalue weighted by molar-refractivity contribution is 5.95. The molecule has 0 unspecified atom stereocenters. The van der Waals surface area contributed by atoms with Crippen LogP contribution < -0.4 is 0 Å². The van der Waals surface area contributed by atoms with Crippen LogP contribution in [0.1, 0.15) is 26.2 Å². The summed E-state index contributed by atoms with van der Waals surface area (Å²) in [4.78, 5) is 11.4. The molecule has 0 aromatic heterocycles. The number of hydrogen-bond donors (Lipinski definition) is 0. The van der Waals surface area contributed by atoms with E-state index in [1.807, 2.05) is 12.2 Å². The summed E-state index contributed by atoms with van der Waals surface area (Å²) in [6.07, 6.45) is 11.8. The quantitative estimate of drug-likeness (QED) is 0.588. The molecule has 0 bridgehead atoms. The Morgan fingerprint density at radius 1 is 1.31 bits per heavy atom. The minimum atomic E-state index is 0.246. The zero-order valence-corrected chi connectivity index (χ0v) is 7.92. The summed E-state index contributed by atoms with van der Waals surface area (Å²) in [5, 5.41) is 0. The molecule has 0 aromatic rings. The summed E-state index contributed by atoms with van der Waals surface area (Å²) in [6, 6.07) is 0. The first kappa shape index (κ1) is 8.49. The molecule has 0 aliphatic heterocycles. The molecular formula is C12H14O. The highest BCUT2D eigenvalue weighted by Gasteiger charge is 2.22. The lowest BCUT2D eigenvalue weighted by Crippen LogP contribution is -2.13. The molecule has 1 nitrogen and oxygen atoms in total. The molecule has 2 aliphatic carbocycles. The molecule has 0 aromatic carbocycles. The van der Waals surface area contributed by atoms with Gasteiger partial charge >= 0.3 is 0 Å². The molecule has 0 saturated heterocycles. The van der Waals surface area contributed by atoms with Crippen molar-refractivity contribution in [1.29, 1.82) is 0 Å². The van der Waals surface area contributed by atoms with Crippen molar-refractivity contribution >= 4 is 5.78 Å². The van der Waals surface area contributed by atoms with E-state index < -0.39 is 0 Å². The van der Waals surface area contributed by atoms with Crippen LogP contribution in [-0.4, -0.2) is 5.78 Å². The molecule has 0 spiro atoms. The van der Waals surface area contributed by atoms with Gasteiger partial charge < -0.3 is 0 Å². The van der Waals surface area contributed by atoms with E-state index in [1.54, 1.807) is 6.92 Å². The fourth-order valence-electron chi connectivity index (χ4n) is 1.97. The molecular weight excluding hydrogens is 160 g/mol. The number of hydrogen-bond acceptors (Lipinski definition) is 1. The first-order chi connectivity index (χ1) is 6.29. The molecule has 68 valence electrons. The predicted octanol–water partition coefficient (Wildman–Crippen LogP) is 2.80. The lowest BCUT2D eigenvalue weighted by atomic mass is 9.81. The third kappa shape index (κ3) is 1.51. The van der Waals surface area contributed by atoms with E-state index in [-0.39, 0.29) is 11.7 Å². The smallest absolute Gasteiger partial charge is 0.156 e. The van der Waals surface area contributed by atoms with E-state index in [0.29, 0.717) is 0 Å². The molecule has 0 radical (unpaired) electrons. The molecule has 0 heterocycles. The van der Waals surface area contributed by atoms with Crippen LogP contribution in [0.4, 0.5) is 0 Å². The number of ketones is 1. The molecule has 2 aliphatic rings. The third-order valence-electron chi connectivity index (χ3n) is 2.80. The molecule has 0 amide bonds. The standard InChI is InChI=1S/C12H14O/c1-9(13)12(11-7-4-8-11)10-5-2-3-6-10/h2-3,5-6,10H,4,7-8H2,1H3. The number of rotatable bonds is 2. The van der Waals surface area contributed by atoms with Gasteiger partial charge in [0.15, 0.2) is 5.78 Å². The average molecular weight is 174 g/mol. The largest absolute Gasteiger partial charge is 0.295 e. The van der Waals surface area contributed by atoms with Crippen molar-refractivity contribution in [3.05, 3.63) is 35.5 Å². The topological polar surface area (TPSA) is 17.1 Å². The summed E-state index contributed by atoms with van der Waals surface area (Å²) in [5.41, 5.74) is 2.44. The Kier molecular flexibility index (Phi) is 2.17. The van der Waals surface area contributed by atoms with Crippen molar-refractivity contribution in [2.24, 2.45) is 5.92 Å². The van der Waals surface area contributed by atoms with Crippen LogP contribution in [0.15, 0.2) is 35.5 Å². The van der Waals surface area contributed by atoms with Crippen LogP contribution in [0, 0.1) is 5.92 Å². The van der Waals surface area contributed by atoms with Gasteiger partial charge in [-0.2, -0.15) is 0 Å². The van der Waals surface area contributed by atoms with Gasteiger partial charge in [0.25, 0.3) is 0 Å². The van der Waals surface area contributed by atoms with Crippen molar-refractivity contribution in [3.63, 3.8) is 0 Å². The van der Waals surface area contributed by atoms with E-state index in [4.69, 9.17) is 0 Å². The van der Waals surface area contributed by atoms with Crippen molar-refractivity contribution in [2.75, 3.05) is 0 Å². The normalized spacial score (nSPS) is 20.5. The fourth-order valence-corrected chi connectivity index (χ4v) is 1.97. The molecule has 1 fully saturated rings. The predicted molar refractivity (Wildman–Crippen MR) is 53.3 cm³/mol. The van der Waals surface area contributed by atoms with Crippen LogP contribution in [0.25, 0.3) is 0 Å². The minimum absolute atomic E-state index is 0.246. The second-order valence-electron chi connectivity index (χ2n) is 3.72. The van der Waals surface area contributed by atoms with Gasteiger partial charge in [-0.15, -0.1) is 0 Å². The minimum Gasteiger partial charge on any atom is -0.295 e. The Morgan fingerprint density at radius 3 is 2.31 bits per heavy atom.